The molecule has 1 aliphatic carbocycles. The summed E-state index contributed by atoms with van der Waals surface area (Å²) in [5.41, 5.74) is 0.283. The summed E-state index contributed by atoms with van der Waals surface area (Å²) in [7, 11) is 0. The Balaban J connectivity index is 2.14. The van der Waals surface area contributed by atoms with Crippen LogP contribution in [-0.4, -0.2) is 6.54 Å². The van der Waals surface area contributed by atoms with Gasteiger partial charge in [0, 0.05) is 15.8 Å². The molecule has 1 fully saturated rings. The van der Waals surface area contributed by atoms with Gasteiger partial charge >= 0.3 is 0 Å². The average molecular weight is 294 g/mol. The first-order valence-electron chi connectivity index (χ1n) is 8.36. The summed E-state index contributed by atoms with van der Waals surface area (Å²) in [4.78, 5) is 3.09. The lowest BCUT2D eigenvalue weighted by Gasteiger charge is -2.30. The SMILES string of the molecule is CCCNC(c1ccc(C(C)(C)C)s1)C1CCCCC1. The molecule has 1 unspecified atom stereocenters. The van der Waals surface area contributed by atoms with Gasteiger partial charge in [-0.2, -0.15) is 0 Å². The highest BCUT2D eigenvalue weighted by Crippen LogP contribution is 2.39. The molecule has 20 heavy (non-hydrogen) atoms. The van der Waals surface area contributed by atoms with Gasteiger partial charge in [-0.05, 0) is 49.3 Å². The van der Waals surface area contributed by atoms with Gasteiger partial charge in [0.25, 0.3) is 0 Å². The molecule has 1 nitrogen and oxygen atoms in total. The van der Waals surface area contributed by atoms with Crippen molar-refractivity contribution in [3.63, 3.8) is 0 Å². The maximum absolute atomic E-state index is 3.83. The molecule has 0 amide bonds. The Morgan fingerprint density at radius 1 is 1.20 bits per heavy atom. The molecule has 1 aromatic heterocycles. The van der Waals surface area contributed by atoms with Crippen LogP contribution in [0.4, 0.5) is 0 Å². The van der Waals surface area contributed by atoms with Crippen LogP contribution in [0.3, 0.4) is 0 Å². The zero-order chi connectivity index (χ0) is 14.6. The van der Waals surface area contributed by atoms with E-state index in [9.17, 15) is 0 Å². The maximum atomic E-state index is 3.83. The highest BCUT2D eigenvalue weighted by Gasteiger charge is 2.27. The Morgan fingerprint density at radius 2 is 1.90 bits per heavy atom. The standard InChI is InChI=1S/C18H31NS/c1-5-13-19-17(14-9-7-6-8-10-14)15-11-12-16(20-15)18(2,3)4/h11-12,14,17,19H,5-10,13H2,1-4H3. The van der Waals surface area contributed by atoms with Gasteiger partial charge in [-0.15, -0.1) is 11.3 Å². The van der Waals surface area contributed by atoms with Gasteiger partial charge in [-0.25, -0.2) is 0 Å². The van der Waals surface area contributed by atoms with Gasteiger partial charge < -0.3 is 5.32 Å². The predicted octanol–water partition coefficient (Wildman–Crippen LogP) is 5.67. The smallest absolute Gasteiger partial charge is 0.0443 e. The van der Waals surface area contributed by atoms with E-state index in [1.54, 1.807) is 4.88 Å². The van der Waals surface area contributed by atoms with Crippen molar-refractivity contribution in [3.8, 4) is 0 Å². The van der Waals surface area contributed by atoms with Crippen LogP contribution in [0.2, 0.25) is 0 Å². The first kappa shape index (κ1) is 16.0. The first-order chi connectivity index (χ1) is 9.52. The quantitative estimate of drug-likeness (QED) is 0.738. The second kappa shape index (κ2) is 7.09. The van der Waals surface area contributed by atoms with E-state index in [0.717, 1.165) is 12.5 Å². The second-order valence-corrected chi connectivity index (χ2v) is 8.40. The Bertz CT molecular complexity index is 396. The molecule has 2 heteroatoms. The molecule has 1 saturated carbocycles. The van der Waals surface area contributed by atoms with Crippen molar-refractivity contribution >= 4 is 11.3 Å². The molecule has 0 aromatic carbocycles. The third-order valence-electron chi connectivity index (χ3n) is 4.41. The minimum atomic E-state index is 0.283. The van der Waals surface area contributed by atoms with Crippen molar-refractivity contribution in [2.75, 3.05) is 6.54 Å². The molecule has 0 radical (unpaired) electrons. The molecule has 0 saturated heterocycles. The van der Waals surface area contributed by atoms with Gasteiger partial charge in [0.2, 0.25) is 0 Å². The van der Waals surface area contributed by atoms with Crippen molar-refractivity contribution in [3.05, 3.63) is 21.9 Å². The summed E-state index contributed by atoms with van der Waals surface area (Å²) in [5.74, 6) is 0.849. The number of thiophene rings is 1. The fraction of sp³-hybridized carbons (Fsp3) is 0.778. The van der Waals surface area contributed by atoms with Gasteiger partial charge in [-0.1, -0.05) is 47.0 Å². The van der Waals surface area contributed by atoms with E-state index in [0.29, 0.717) is 6.04 Å². The molecular formula is C18H31NS. The molecule has 1 atom stereocenters. The lowest BCUT2D eigenvalue weighted by molar-refractivity contribution is 0.275. The predicted molar refractivity (Wildman–Crippen MR) is 90.6 cm³/mol. The molecule has 2 rings (SSSR count). The van der Waals surface area contributed by atoms with E-state index in [-0.39, 0.29) is 5.41 Å². The van der Waals surface area contributed by atoms with Gasteiger partial charge in [0.15, 0.2) is 0 Å². The van der Waals surface area contributed by atoms with Crippen molar-refractivity contribution < 1.29 is 0 Å². The summed E-state index contributed by atoms with van der Waals surface area (Å²) in [6.45, 7) is 10.4. The van der Waals surface area contributed by atoms with Crippen LogP contribution in [0, 0.1) is 5.92 Å². The Labute approximate surface area is 129 Å². The highest BCUT2D eigenvalue weighted by molar-refractivity contribution is 7.12. The lowest BCUT2D eigenvalue weighted by atomic mass is 9.83. The topological polar surface area (TPSA) is 12.0 Å². The monoisotopic (exact) mass is 293 g/mol. The molecule has 1 aliphatic rings. The van der Waals surface area contributed by atoms with Crippen LogP contribution in [0.15, 0.2) is 12.1 Å². The third kappa shape index (κ3) is 4.08. The zero-order valence-electron chi connectivity index (χ0n) is 13.7. The molecule has 0 bridgehead atoms. The van der Waals surface area contributed by atoms with Gasteiger partial charge in [0.1, 0.15) is 0 Å². The van der Waals surface area contributed by atoms with Crippen LogP contribution in [0.25, 0.3) is 0 Å². The van der Waals surface area contributed by atoms with E-state index in [1.165, 1.54) is 43.4 Å². The van der Waals surface area contributed by atoms with Crippen LogP contribution in [0.5, 0.6) is 0 Å². The van der Waals surface area contributed by atoms with Crippen molar-refractivity contribution in [2.24, 2.45) is 5.92 Å². The Morgan fingerprint density at radius 3 is 2.45 bits per heavy atom. The summed E-state index contributed by atoms with van der Waals surface area (Å²) in [6, 6.07) is 5.33. The largest absolute Gasteiger partial charge is 0.309 e. The zero-order valence-corrected chi connectivity index (χ0v) is 14.5. The summed E-state index contributed by atoms with van der Waals surface area (Å²) in [6.07, 6.45) is 8.32. The summed E-state index contributed by atoms with van der Waals surface area (Å²) in [5, 5.41) is 3.83. The average Bonchev–Trinajstić information content (AvgIpc) is 2.90. The number of hydrogen-bond acceptors (Lipinski definition) is 2. The van der Waals surface area contributed by atoms with Crippen LogP contribution in [0.1, 0.15) is 82.0 Å². The highest BCUT2D eigenvalue weighted by atomic mass is 32.1. The molecule has 1 heterocycles. The van der Waals surface area contributed by atoms with Gasteiger partial charge in [0.05, 0.1) is 0 Å². The van der Waals surface area contributed by atoms with E-state index >= 15 is 0 Å². The summed E-state index contributed by atoms with van der Waals surface area (Å²) >= 11 is 2.03. The second-order valence-electron chi connectivity index (χ2n) is 7.28. The molecule has 0 spiro atoms. The molecular weight excluding hydrogens is 262 g/mol. The normalized spacial score (nSPS) is 19.2. The van der Waals surface area contributed by atoms with Gasteiger partial charge in [-0.3, -0.25) is 0 Å². The van der Waals surface area contributed by atoms with E-state index in [2.05, 4.69) is 45.1 Å². The molecule has 114 valence electrons. The van der Waals surface area contributed by atoms with Crippen LogP contribution >= 0.6 is 11.3 Å². The van der Waals surface area contributed by atoms with E-state index in [4.69, 9.17) is 0 Å². The first-order valence-corrected chi connectivity index (χ1v) is 9.17. The maximum Gasteiger partial charge on any atom is 0.0443 e. The van der Waals surface area contributed by atoms with Crippen molar-refractivity contribution in [1.29, 1.82) is 0 Å². The molecule has 1 N–H and O–H groups in total. The Hall–Kier alpha value is -0.340. The third-order valence-corrected chi connectivity index (χ3v) is 6.00. The van der Waals surface area contributed by atoms with E-state index in [1.807, 2.05) is 11.3 Å². The number of rotatable bonds is 5. The number of hydrogen-bond donors (Lipinski definition) is 1. The Kier molecular flexibility index (Phi) is 5.68. The van der Waals surface area contributed by atoms with Crippen molar-refractivity contribution in [2.45, 2.75) is 77.7 Å². The fourth-order valence-corrected chi connectivity index (χ4v) is 4.43. The minimum Gasteiger partial charge on any atom is -0.309 e. The molecule has 0 aliphatic heterocycles. The molecule has 1 aromatic rings. The van der Waals surface area contributed by atoms with Crippen molar-refractivity contribution in [1.82, 2.24) is 5.32 Å². The lowest BCUT2D eigenvalue weighted by Crippen LogP contribution is -2.29. The van der Waals surface area contributed by atoms with Crippen LogP contribution < -0.4 is 5.32 Å². The fourth-order valence-electron chi connectivity index (χ4n) is 3.19. The van der Waals surface area contributed by atoms with Crippen LogP contribution in [-0.2, 0) is 5.41 Å². The number of nitrogens with one attached hydrogen (secondary N) is 1. The van der Waals surface area contributed by atoms with E-state index < -0.39 is 0 Å². The summed E-state index contributed by atoms with van der Waals surface area (Å²) < 4.78 is 0. The minimum absolute atomic E-state index is 0.283.